The van der Waals surface area contributed by atoms with E-state index in [2.05, 4.69) is 11.8 Å². The predicted octanol–water partition coefficient (Wildman–Crippen LogP) is -0.0264. The molecule has 0 N–H and O–H groups in total. The Balaban J connectivity index is 2.55. The molecule has 0 unspecified atom stereocenters. The van der Waals surface area contributed by atoms with Crippen molar-refractivity contribution in [1.29, 1.82) is 0 Å². The summed E-state index contributed by atoms with van der Waals surface area (Å²) in [6.45, 7) is 6.32. The van der Waals surface area contributed by atoms with Crippen LogP contribution >= 0.6 is 0 Å². The summed E-state index contributed by atoms with van der Waals surface area (Å²) in [5, 5.41) is 0. The summed E-state index contributed by atoms with van der Waals surface area (Å²) >= 11 is 0. The highest BCUT2D eigenvalue weighted by molar-refractivity contribution is 7.88. The number of sulfonamides is 1. The average molecular weight is 206 g/mol. The van der Waals surface area contributed by atoms with Gasteiger partial charge in [-0.3, -0.25) is 0 Å². The molecule has 78 valence electrons. The third-order valence-corrected chi connectivity index (χ3v) is 3.77. The van der Waals surface area contributed by atoms with Crippen molar-refractivity contribution in [3.8, 4) is 0 Å². The molecular formula is C8H18N2O2S. The van der Waals surface area contributed by atoms with Gasteiger partial charge in [0.25, 0.3) is 0 Å². The number of hydrogen-bond donors (Lipinski definition) is 0. The van der Waals surface area contributed by atoms with Crippen molar-refractivity contribution in [1.82, 2.24) is 9.21 Å². The zero-order valence-electron chi connectivity index (χ0n) is 8.36. The minimum atomic E-state index is -2.97. The van der Waals surface area contributed by atoms with Gasteiger partial charge in [-0.25, -0.2) is 12.7 Å². The second kappa shape index (κ2) is 4.39. The summed E-state index contributed by atoms with van der Waals surface area (Å²) in [7, 11) is -2.97. The minimum Gasteiger partial charge on any atom is -0.302 e. The lowest BCUT2D eigenvalue weighted by Gasteiger charge is -2.18. The minimum absolute atomic E-state index is 0.646. The summed E-state index contributed by atoms with van der Waals surface area (Å²) in [5.41, 5.74) is 0. The number of rotatable bonds is 2. The fraction of sp³-hybridized carbons (Fsp3) is 1.00. The Kier molecular flexibility index (Phi) is 3.70. The lowest BCUT2D eigenvalue weighted by molar-refractivity contribution is 0.302. The molecule has 1 heterocycles. The smallest absolute Gasteiger partial charge is 0.211 e. The maximum atomic E-state index is 11.2. The molecule has 0 radical (unpaired) electrons. The lowest BCUT2D eigenvalue weighted by atomic mass is 10.4. The van der Waals surface area contributed by atoms with Gasteiger partial charge in [0.1, 0.15) is 0 Å². The summed E-state index contributed by atoms with van der Waals surface area (Å²) in [6, 6.07) is 0. The molecule has 4 nitrogen and oxygen atoms in total. The molecule has 0 aromatic rings. The summed E-state index contributed by atoms with van der Waals surface area (Å²) in [6.07, 6.45) is 2.23. The molecule has 0 aromatic carbocycles. The van der Waals surface area contributed by atoms with Gasteiger partial charge in [-0.1, -0.05) is 6.92 Å². The quantitative estimate of drug-likeness (QED) is 0.637. The summed E-state index contributed by atoms with van der Waals surface area (Å²) in [4.78, 5) is 2.28. The third kappa shape index (κ3) is 3.25. The topological polar surface area (TPSA) is 40.6 Å². The highest BCUT2D eigenvalue weighted by atomic mass is 32.2. The van der Waals surface area contributed by atoms with Gasteiger partial charge in [0, 0.05) is 19.6 Å². The fourth-order valence-electron chi connectivity index (χ4n) is 1.60. The molecule has 1 saturated heterocycles. The number of hydrogen-bond acceptors (Lipinski definition) is 3. The van der Waals surface area contributed by atoms with E-state index in [1.807, 2.05) is 0 Å². The van der Waals surface area contributed by atoms with Crippen molar-refractivity contribution < 1.29 is 8.42 Å². The zero-order valence-corrected chi connectivity index (χ0v) is 9.18. The van der Waals surface area contributed by atoms with Crippen LogP contribution < -0.4 is 0 Å². The second-order valence-corrected chi connectivity index (χ2v) is 5.43. The zero-order chi connectivity index (χ0) is 9.90. The van der Waals surface area contributed by atoms with Crippen molar-refractivity contribution >= 4 is 10.0 Å². The second-order valence-electron chi connectivity index (χ2n) is 3.45. The van der Waals surface area contributed by atoms with Crippen molar-refractivity contribution in [3.05, 3.63) is 0 Å². The van der Waals surface area contributed by atoms with Gasteiger partial charge in [0.05, 0.1) is 6.26 Å². The van der Waals surface area contributed by atoms with Gasteiger partial charge in [-0.15, -0.1) is 0 Å². The molecule has 0 saturated carbocycles. The molecule has 0 atom stereocenters. The van der Waals surface area contributed by atoms with Crippen LogP contribution in [0.1, 0.15) is 13.3 Å². The van der Waals surface area contributed by atoms with Gasteiger partial charge in [0.2, 0.25) is 10.0 Å². The lowest BCUT2D eigenvalue weighted by Crippen LogP contribution is -2.34. The van der Waals surface area contributed by atoms with Crippen LogP contribution in [0.25, 0.3) is 0 Å². The Labute approximate surface area is 80.6 Å². The highest BCUT2D eigenvalue weighted by Crippen LogP contribution is 2.05. The molecule has 0 aromatic heterocycles. The Morgan fingerprint density at radius 2 is 1.85 bits per heavy atom. The Morgan fingerprint density at radius 1 is 1.15 bits per heavy atom. The first kappa shape index (κ1) is 10.9. The molecule has 0 bridgehead atoms. The van der Waals surface area contributed by atoms with E-state index in [1.54, 1.807) is 4.31 Å². The normalized spacial score (nSPS) is 22.9. The number of likely N-dealkylation sites (N-methyl/N-ethyl adjacent to an activating group) is 1. The van der Waals surface area contributed by atoms with Crippen LogP contribution in [-0.4, -0.2) is 56.6 Å². The maximum absolute atomic E-state index is 11.2. The van der Waals surface area contributed by atoms with Crippen molar-refractivity contribution in [2.24, 2.45) is 0 Å². The monoisotopic (exact) mass is 206 g/mol. The molecule has 1 aliphatic rings. The molecule has 5 heteroatoms. The molecule has 0 aliphatic carbocycles. The van der Waals surface area contributed by atoms with Crippen LogP contribution in [-0.2, 0) is 10.0 Å². The molecular weight excluding hydrogens is 188 g/mol. The third-order valence-electron chi connectivity index (χ3n) is 2.46. The van der Waals surface area contributed by atoms with E-state index in [0.29, 0.717) is 13.1 Å². The molecule has 1 fully saturated rings. The molecule has 1 aliphatic heterocycles. The van der Waals surface area contributed by atoms with Crippen LogP contribution in [0.15, 0.2) is 0 Å². The first-order chi connectivity index (χ1) is 6.04. The van der Waals surface area contributed by atoms with E-state index in [0.717, 1.165) is 26.1 Å². The fourth-order valence-corrected chi connectivity index (χ4v) is 2.47. The van der Waals surface area contributed by atoms with Gasteiger partial charge in [-0.2, -0.15) is 0 Å². The first-order valence-electron chi connectivity index (χ1n) is 4.71. The Morgan fingerprint density at radius 3 is 2.38 bits per heavy atom. The van der Waals surface area contributed by atoms with E-state index in [1.165, 1.54) is 6.26 Å². The van der Waals surface area contributed by atoms with Crippen molar-refractivity contribution in [2.75, 3.05) is 39.0 Å². The molecule has 0 spiro atoms. The van der Waals surface area contributed by atoms with Crippen molar-refractivity contribution in [3.63, 3.8) is 0 Å². The maximum Gasteiger partial charge on any atom is 0.211 e. The Hall–Kier alpha value is -0.130. The molecule has 13 heavy (non-hydrogen) atoms. The van der Waals surface area contributed by atoms with Gasteiger partial charge >= 0.3 is 0 Å². The van der Waals surface area contributed by atoms with E-state index in [9.17, 15) is 8.42 Å². The van der Waals surface area contributed by atoms with Crippen LogP contribution in [0.2, 0.25) is 0 Å². The highest BCUT2D eigenvalue weighted by Gasteiger charge is 2.20. The van der Waals surface area contributed by atoms with Crippen LogP contribution in [0.5, 0.6) is 0 Å². The van der Waals surface area contributed by atoms with E-state index in [4.69, 9.17) is 0 Å². The predicted molar refractivity (Wildman–Crippen MR) is 53.1 cm³/mol. The molecule has 0 amide bonds. The summed E-state index contributed by atoms with van der Waals surface area (Å²) < 4.78 is 24.1. The van der Waals surface area contributed by atoms with E-state index >= 15 is 0 Å². The standard InChI is InChI=1S/C8H18N2O2S/c1-3-9-5-4-6-10(8-7-9)13(2,11)12/h3-8H2,1-2H3. The van der Waals surface area contributed by atoms with Crippen molar-refractivity contribution in [2.45, 2.75) is 13.3 Å². The molecule has 1 rings (SSSR count). The van der Waals surface area contributed by atoms with Crippen LogP contribution in [0.3, 0.4) is 0 Å². The number of nitrogens with zero attached hydrogens (tertiary/aromatic N) is 2. The van der Waals surface area contributed by atoms with E-state index in [-0.39, 0.29) is 0 Å². The summed E-state index contributed by atoms with van der Waals surface area (Å²) in [5.74, 6) is 0. The Bertz CT molecular complexity index is 251. The SMILES string of the molecule is CCN1CCCN(S(C)(=O)=O)CC1. The van der Waals surface area contributed by atoms with Gasteiger partial charge in [0.15, 0.2) is 0 Å². The first-order valence-corrected chi connectivity index (χ1v) is 6.56. The largest absolute Gasteiger partial charge is 0.302 e. The van der Waals surface area contributed by atoms with Crippen LogP contribution in [0.4, 0.5) is 0 Å². The average Bonchev–Trinajstić information content (AvgIpc) is 2.26. The van der Waals surface area contributed by atoms with Gasteiger partial charge < -0.3 is 4.90 Å². The van der Waals surface area contributed by atoms with E-state index < -0.39 is 10.0 Å². The van der Waals surface area contributed by atoms with Crippen LogP contribution in [0, 0.1) is 0 Å². The van der Waals surface area contributed by atoms with Gasteiger partial charge in [-0.05, 0) is 19.5 Å².